The predicted octanol–water partition coefficient (Wildman–Crippen LogP) is 3.01. The van der Waals surface area contributed by atoms with Gasteiger partial charge >= 0.3 is 0 Å². The van der Waals surface area contributed by atoms with Crippen molar-refractivity contribution in [3.63, 3.8) is 0 Å². The van der Waals surface area contributed by atoms with E-state index in [4.69, 9.17) is 5.73 Å². The number of nitrogens with two attached hydrogens (primary N) is 1. The van der Waals surface area contributed by atoms with Gasteiger partial charge in [0.25, 0.3) is 0 Å². The number of nitrogens with zero attached hydrogens (tertiary/aromatic N) is 2. The molecule has 1 heterocycles. The Bertz CT molecular complexity index is 1040. The molecule has 0 fully saturated rings. The van der Waals surface area contributed by atoms with Gasteiger partial charge in [0.1, 0.15) is 5.75 Å². The average Bonchev–Trinajstić information content (AvgIpc) is 2.84. The van der Waals surface area contributed by atoms with Crippen molar-refractivity contribution >= 4 is 32.3 Å². The minimum absolute atomic E-state index is 0.191. The Morgan fingerprint density at radius 3 is 2.36 bits per heavy atom. The Morgan fingerprint density at radius 2 is 1.80 bits per heavy atom. The lowest BCUT2D eigenvalue weighted by Crippen LogP contribution is -2.24. The van der Waals surface area contributed by atoms with E-state index in [1.165, 1.54) is 17.6 Å². The molecule has 0 saturated carbocycles. The predicted molar refractivity (Wildman–Crippen MR) is 102 cm³/mol. The molecule has 6 nitrogen and oxygen atoms in total. The van der Waals surface area contributed by atoms with Crippen LogP contribution in [0.2, 0.25) is 0 Å². The summed E-state index contributed by atoms with van der Waals surface area (Å²) in [5.41, 5.74) is 10.2. The van der Waals surface area contributed by atoms with Gasteiger partial charge in [-0.05, 0) is 31.2 Å². The molecule has 0 aliphatic carbocycles. The highest BCUT2D eigenvalue weighted by Crippen LogP contribution is 2.38. The van der Waals surface area contributed by atoms with Crippen LogP contribution in [0.4, 0.5) is 11.4 Å². The number of aromatic nitrogens is 1. The Hall–Kier alpha value is -2.67. The van der Waals surface area contributed by atoms with Gasteiger partial charge in [-0.1, -0.05) is 12.1 Å². The number of fused-ring (bicyclic) bond motifs is 1. The first-order chi connectivity index (χ1) is 11.7. The van der Waals surface area contributed by atoms with Gasteiger partial charge < -0.3 is 15.4 Å². The zero-order valence-electron chi connectivity index (χ0n) is 14.4. The molecule has 0 radical (unpaired) electrons. The van der Waals surface area contributed by atoms with Crippen LogP contribution in [0.15, 0.2) is 42.5 Å². The summed E-state index contributed by atoms with van der Waals surface area (Å²) in [7, 11) is -1.79. The summed E-state index contributed by atoms with van der Waals surface area (Å²) in [6.07, 6.45) is 1.17. The summed E-state index contributed by atoms with van der Waals surface area (Å²) >= 11 is 0. The van der Waals surface area contributed by atoms with Gasteiger partial charge in [0, 0.05) is 30.6 Å². The van der Waals surface area contributed by atoms with E-state index in [2.05, 4.69) is 0 Å². The van der Waals surface area contributed by atoms with Crippen LogP contribution in [0, 0.1) is 0 Å². The standard InChI is InChI=1S/C18H21N3O3S/c1-4-21-16-11-14(22)9-10-15(16)17(19)18(21)12-5-7-13(8-6-12)20(2)25(3,23)24/h5-11,22H,4,19H2,1-3H3. The number of benzene rings is 2. The number of phenolic OH excluding ortho intramolecular Hbond substituents is 1. The lowest BCUT2D eigenvalue weighted by Gasteiger charge is -2.17. The molecule has 0 spiro atoms. The molecule has 0 amide bonds. The number of nitrogen functional groups attached to an aromatic ring is 1. The van der Waals surface area contributed by atoms with Crippen LogP contribution >= 0.6 is 0 Å². The van der Waals surface area contributed by atoms with E-state index in [1.54, 1.807) is 24.3 Å². The normalized spacial score (nSPS) is 11.8. The van der Waals surface area contributed by atoms with E-state index in [0.717, 1.165) is 22.2 Å². The summed E-state index contributed by atoms with van der Waals surface area (Å²) in [5, 5.41) is 10.7. The minimum Gasteiger partial charge on any atom is -0.508 e. The maximum Gasteiger partial charge on any atom is 0.231 e. The van der Waals surface area contributed by atoms with Crippen LogP contribution < -0.4 is 10.0 Å². The number of aromatic hydroxyl groups is 1. The summed E-state index contributed by atoms with van der Waals surface area (Å²) < 4.78 is 26.6. The summed E-state index contributed by atoms with van der Waals surface area (Å²) in [5.74, 6) is 0.191. The zero-order chi connectivity index (χ0) is 18.4. The second-order valence-corrected chi connectivity index (χ2v) is 8.00. The third kappa shape index (κ3) is 2.91. The average molecular weight is 359 g/mol. The fourth-order valence-electron chi connectivity index (χ4n) is 3.03. The summed E-state index contributed by atoms with van der Waals surface area (Å²) in [4.78, 5) is 0. The number of hydrogen-bond donors (Lipinski definition) is 2. The van der Waals surface area contributed by atoms with Crippen molar-refractivity contribution in [3.8, 4) is 17.0 Å². The molecular formula is C18H21N3O3S. The number of hydrogen-bond acceptors (Lipinski definition) is 4. The molecule has 0 bridgehead atoms. The smallest absolute Gasteiger partial charge is 0.231 e. The lowest BCUT2D eigenvalue weighted by atomic mass is 10.1. The number of aryl methyl sites for hydroxylation is 1. The molecule has 1 aromatic heterocycles. The Morgan fingerprint density at radius 1 is 1.16 bits per heavy atom. The van der Waals surface area contributed by atoms with Crippen molar-refractivity contribution in [2.24, 2.45) is 0 Å². The topological polar surface area (TPSA) is 88.6 Å². The largest absolute Gasteiger partial charge is 0.508 e. The second kappa shape index (κ2) is 6.00. The molecule has 0 aliphatic rings. The Balaban J connectivity index is 2.15. The molecule has 2 aromatic carbocycles. The van der Waals surface area contributed by atoms with Crippen molar-refractivity contribution in [1.29, 1.82) is 0 Å². The van der Waals surface area contributed by atoms with Crippen molar-refractivity contribution in [1.82, 2.24) is 4.57 Å². The monoisotopic (exact) mass is 359 g/mol. The lowest BCUT2D eigenvalue weighted by molar-refractivity contribution is 0.476. The molecule has 25 heavy (non-hydrogen) atoms. The number of phenols is 1. The van der Waals surface area contributed by atoms with Gasteiger partial charge in [0.15, 0.2) is 0 Å². The third-order valence-electron chi connectivity index (χ3n) is 4.41. The van der Waals surface area contributed by atoms with Crippen LogP contribution in [0.3, 0.4) is 0 Å². The van der Waals surface area contributed by atoms with E-state index < -0.39 is 10.0 Å². The van der Waals surface area contributed by atoms with Crippen LogP contribution in [0.5, 0.6) is 5.75 Å². The third-order valence-corrected chi connectivity index (χ3v) is 5.61. The van der Waals surface area contributed by atoms with Gasteiger partial charge in [0.05, 0.1) is 28.8 Å². The maximum atomic E-state index is 11.7. The van der Waals surface area contributed by atoms with Crippen LogP contribution in [-0.2, 0) is 16.6 Å². The molecule has 0 atom stereocenters. The first-order valence-corrected chi connectivity index (χ1v) is 9.74. The molecule has 0 unspecified atom stereocenters. The van der Waals surface area contributed by atoms with E-state index >= 15 is 0 Å². The molecule has 3 N–H and O–H groups in total. The molecule has 3 rings (SSSR count). The van der Waals surface area contributed by atoms with Gasteiger partial charge in [-0.25, -0.2) is 8.42 Å². The van der Waals surface area contributed by atoms with E-state index in [1.807, 2.05) is 29.7 Å². The van der Waals surface area contributed by atoms with Crippen LogP contribution in [-0.4, -0.2) is 31.4 Å². The van der Waals surface area contributed by atoms with E-state index in [9.17, 15) is 13.5 Å². The first-order valence-electron chi connectivity index (χ1n) is 7.89. The van der Waals surface area contributed by atoms with Gasteiger partial charge in [0.2, 0.25) is 10.0 Å². The zero-order valence-corrected chi connectivity index (χ0v) is 15.2. The van der Waals surface area contributed by atoms with Crippen molar-refractivity contribution < 1.29 is 13.5 Å². The SMILES string of the molecule is CCn1c(-c2ccc(N(C)S(C)(=O)=O)cc2)c(N)c2ccc(O)cc21. The fourth-order valence-corrected chi connectivity index (χ4v) is 3.53. The number of sulfonamides is 1. The van der Waals surface area contributed by atoms with Gasteiger partial charge in [-0.3, -0.25) is 4.31 Å². The highest BCUT2D eigenvalue weighted by molar-refractivity contribution is 7.92. The second-order valence-electron chi connectivity index (χ2n) is 5.99. The molecular weight excluding hydrogens is 338 g/mol. The van der Waals surface area contributed by atoms with E-state index in [-0.39, 0.29) is 5.75 Å². The molecule has 0 aliphatic heterocycles. The van der Waals surface area contributed by atoms with Crippen molar-refractivity contribution in [3.05, 3.63) is 42.5 Å². The van der Waals surface area contributed by atoms with Crippen LogP contribution in [0.1, 0.15) is 6.92 Å². The van der Waals surface area contributed by atoms with Gasteiger partial charge in [-0.15, -0.1) is 0 Å². The minimum atomic E-state index is -3.30. The molecule has 3 aromatic rings. The first kappa shape index (κ1) is 17.2. The molecule has 7 heteroatoms. The molecule has 0 saturated heterocycles. The highest BCUT2D eigenvalue weighted by Gasteiger charge is 2.17. The summed E-state index contributed by atoms with van der Waals surface area (Å²) in [6, 6.07) is 12.3. The summed E-state index contributed by atoms with van der Waals surface area (Å²) in [6.45, 7) is 2.70. The quantitative estimate of drug-likeness (QED) is 0.749. The number of anilines is 2. The number of rotatable bonds is 4. The highest BCUT2D eigenvalue weighted by atomic mass is 32.2. The van der Waals surface area contributed by atoms with Crippen molar-refractivity contribution in [2.45, 2.75) is 13.5 Å². The van der Waals surface area contributed by atoms with Crippen molar-refractivity contribution in [2.75, 3.05) is 23.3 Å². The Labute approximate surface area is 147 Å². The maximum absolute atomic E-state index is 11.7. The van der Waals surface area contributed by atoms with Crippen LogP contribution in [0.25, 0.3) is 22.2 Å². The van der Waals surface area contributed by atoms with Gasteiger partial charge in [-0.2, -0.15) is 0 Å². The molecule has 132 valence electrons. The van der Waals surface area contributed by atoms with E-state index in [0.29, 0.717) is 17.9 Å². The Kier molecular flexibility index (Phi) is 4.12. The fraction of sp³-hybridized carbons (Fsp3) is 0.222.